The second-order valence-electron chi connectivity index (χ2n) is 6.52. The summed E-state index contributed by atoms with van der Waals surface area (Å²) in [6, 6.07) is 16.7. The summed E-state index contributed by atoms with van der Waals surface area (Å²) in [5, 5.41) is 12.3. The largest absolute Gasteiger partial charge is 0.493 e. The van der Waals surface area contributed by atoms with Crippen molar-refractivity contribution in [3.05, 3.63) is 65.2 Å². The first-order chi connectivity index (χ1) is 13.5. The Hall–Kier alpha value is -3.26. The molecule has 0 bridgehead atoms. The number of nitrogens with one attached hydrogen (secondary N) is 1. The molecule has 5 nitrogen and oxygen atoms in total. The van der Waals surface area contributed by atoms with Crippen molar-refractivity contribution in [2.45, 2.75) is 39.3 Å². The Morgan fingerprint density at radius 3 is 2.50 bits per heavy atom. The minimum Gasteiger partial charge on any atom is -0.493 e. The van der Waals surface area contributed by atoms with Crippen molar-refractivity contribution in [3.63, 3.8) is 0 Å². The molecule has 0 heterocycles. The Morgan fingerprint density at radius 1 is 1.18 bits per heavy atom. The lowest BCUT2D eigenvalue weighted by Gasteiger charge is -2.16. The third-order valence-corrected chi connectivity index (χ3v) is 4.41. The molecular weight excluding hydrogens is 352 g/mol. The molecule has 1 amide bonds. The molecule has 0 unspecified atom stereocenters. The van der Waals surface area contributed by atoms with Crippen molar-refractivity contribution in [2.75, 3.05) is 7.11 Å². The van der Waals surface area contributed by atoms with Gasteiger partial charge in [-0.1, -0.05) is 43.3 Å². The van der Waals surface area contributed by atoms with Gasteiger partial charge in [-0.2, -0.15) is 5.26 Å². The number of carbonyl (C=O) groups excluding carboxylic acids is 1. The lowest BCUT2D eigenvalue weighted by molar-refractivity contribution is -0.117. The Labute approximate surface area is 166 Å². The van der Waals surface area contributed by atoms with Gasteiger partial charge in [-0.05, 0) is 49.6 Å². The highest BCUT2D eigenvalue weighted by Gasteiger charge is 2.14. The van der Waals surface area contributed by atoms with E-state index in [1.54, 1.807) is 31.4 Å². The lowest BCUT2D eigenvalue weighted by Crippen LogP contribution is -2.27. The van der Waals surface area contributed by atoms with Gasteiger partial charge >= 0.3 is 0 Å². The first-order valence-electron chi connectivity index (χ1n) is 9.30. The molecule has 0 aliphatic heterocycles. The monoisotopic (exact) mass is 378 g/mol. The highest BCUT2D eigenvalue weighted by atomic mass is 16.5. The number of rotatable bonds is 8. The smallest absolute Gasteiger partial charge is 0.262 e. The molecule has 5 heteroatoms. The average Bonchev–Trinajstić information content (AvgIpc) is 2.73. The van der Waals surface area contributed by atoms with Crippen LogP contribution in [0.25, 0.3) is 6.08 Å². The number of carbonyl (C=O) groups is 1. The number of nitrogens with zero attached hydrogens (tertiary/aromatic N) is 1. The molecular formula is C23H26N2O3. The zero-order valence-electron chi connectivity index (χ0n) is 16.7. The molecule has 0 aliphatic rings. The zero-order valence-corrected chi connectivity index (χ0v) is 16.7. The molecule has 2 aromatic rings. The molecule has 146 valence electrons. The van der Waals surface area contributed by atoms with E-state index in [1.807, 2.05) is 57.2 Å². The number of hydrogen-bond acceptors (Lipinski definition) is 4. The molecule has 2 aromatic carbocycles. The van der Waals surface area contributed by atoms with Crippen LogP contribution < -0.4 is 14.8 Å². The number of benzene rings is 2. The lowest BCUT2D eigenvalue weighted by atomic mass is 10.1. The standard InChI is InChI=1S/C23H26N2O3/c1-5-16(2)28-21-12-11-18(14-22(21)27-4)13-20(15-24)23(26)25-17(3)19-9-7-6-8-10-19/h6-14,16-17H,5H2,1-4H3,(H,25,26)/b20-13-/t16-,17-/m0/s1. The molecule has 0 spiro atoms. The minimum absolute atomic E-state index is 0.0282. The maximum atomic E-state index is 12.5. The van der Waals surface area contributed by atoms with E-state index in [0.29, 0.717) is 17.1 Å². The first kappa shape index (κ1) is 21.0. The number of methoxy groups -OCH3 is 1. The average molecular weight is 378 g/mol. The Kier molecular flexibility index (Phi) is 7.65. The van der Waals surface area contributed by atoms with Gasteiger partial charge in [0.05, 0.1) is 19.3 Å². The molecule has 0 fully saturated rings. The van der Waals surface area contributed by atoms with Crippen LogP contribution in [0.4, 0.5) is 0 Å². The van der Waals surface area contributed by atoms with Crippen molar-refractivity contribution in [2.24, 2.45) is 0 Å². The predicted octanol–water partition coefficient (Wildman–Crippen LogP) is 4.66. The van der Waals surface area contributed by atoms with Crippen LogP contribution in [0.1, 0.15) is 44.4 Å². The Morgan fingerprint density at radius 2 is 1.89 bits per heavy atom. The second-order valence-corrected chi connectivity index (χ2v) is 6.52. The topological polar surface area (TPSA) is 71.3 Å². The summed E-state index contributed by atoms with van der Waals surface area (Å²) in [4.78, 5) is 12.5. The van der Waals surface area contributed by atoms with E-state index in [0.717, 1.165) is 12.0 Å². The number of amides is 1. The van der Waals surface area contributed by atoms with Crippen molar-refractivity contribution < 1.29 is 14.3 Å². The molecule has 2 atom stereocenters. The van der Waals surface area contributed by atoms with E-state index in [2.05, 4.69) is 5.32 Å². The van der Waals surface area contributed by atoms with Crippen molar-refractivity contribution in [3.8, 4) is 17.6 Å². The quantitative estimate of drug-likeness (QED) is 0.536. The van der Waals surface area contributed by atoms with Crippen molar-refractivity contribution >= 4 is 12.0 Å². The molecule has 0 aromatic heterocycles. The predicted molar refractivity (Wildman–Crippen MR) is 110 cm³/mol. The third-order valence-electron chi connectivity index (χ3n) is 4.41. The fourth-order valence-corrected chi connectivity index (χ4v) is 2.59. The zero-order chi connectivity index (χ0) is 20.5. The van der Waals surface area contributed by atoms with Crippen LogP contribution in [0.5, 0.6) is 11.5 Å². The van der Waals surface area contributed by atoms with Gasteiger partial charge in [0.2, 0.25) is 0 Å². The van der Waals surface area contributed by atoms with E-state index < -0.39 is 5.91 Å². The highest BCUT2D eigenvalue weighted by molar-refractivity contribution is 6.01. The van der Waals surface area contributed by atoms with Crippen molar-refractivity contribution in [1.29, 1.82) is 5.26 Å². The number of nitriles is 1. The molecule has 0 saturated heterocycles. The maximum Gasteiger partial charge on any atom is 0.262 e. The number of ether oxygens (including phenoxy) is 2. The fourth-order valence-electron chi connectivity index (χ4n) is 2.59. The van der Waals surface area contributed by atoms with E-state index in [4.69, 9.17) is 9.47 Å². The summed E-state index contributed by atoms with van der Waals surface area (Å²) < 4.78 is 11.2. The summed E-state index contributed by atoms with van der Waals surface area (Å²) in [5.41, 5.74) is 1.69. The van der Waals surface area contributed by atoms with E-state index in [1.165, 1.54) is 0 Å². The van der Waals surface area contributed by atoms with Crippen LogP contribution in [0.2, 0.25) is 0 Å². The molecule has 28 heavy (non-hydrogen) atoms. The van der Waals surface area contributed by atoms with Gasteiger partial charge in [0.1, 0.15) is 11.6 Å². The van der Waals surface area contributed by atoms with Gasteiger partial charge in [-0.25, -0.2) is 0 Å². The van der Waals surface area contributed by atoms with Crippen LogP contribution in [0.15, 0.2) is 54.1 Å². The summed E-state index contributed by atoms with van der Waals surface area (Å²) in [7, 11) is 1.56. The molecule has 2 rings (SSSR count). The van der Waals surface area contributed by atoms with Gasteiger partial charge in [0.15, 0.2) is 11.5 Å². The van der Waals surface area contributed by atoms with E-state index in [9.17, 15) is 10.1 Å². The third kappa shape index (κ3) is 5.62. The minimum atomic E-state index is -0.419. The molecule has 1 N–H and O–H groups in total. The Balaban J connectivity index is 2.19. The van der Waals surface area contributed by atoms with E-state index in [-0.39, 0.29) is 17.7 Å². The molecule has 0 radical (unpaired) electrons. The van der Waals surface area contributed by atoms with Gasteiger partial charge in [0.25, 0.3) is 5.91 Å². The summed E-state index contributed by atoms with van der Waals surface area (Å²) in [5.74, 6) is 0.775. The fraction of sp³-hybridized carbons (Fsp3) is 0.304. The van der Waals surface area contributed by atoms with Gasteiger partial charge in [-0.3, -0.25) is 4.79 Å². The van der Waals surface area contributed by atoms with Gasteiger partial charge in [-0.15, -0.1) is 0 Å². The SMILES string of the molecule is CC[C@H](C)Oc1ccc(/C=C(/C#N)C(=O)N[C@@H](C)c2ccccc2)cc1OC. The van der Waals surface area contributed by atoms with Crippen LogP contribution in [0, 0.1) is 11.3 Å². The first-order valence-corrected chi connectivity index (χ1v) is 9.30. The molecule has 0 aliphatic carbocycles. The normalized spacial score (nSPS) is 13.2. The number of hydrogen-bond donors (Lipinski definition) is 1. The highest BCUT2D eigenvalue weighted by Crippen LogP contribution is 2.30. The summed E-state index contributed by atoms with van der Waals surface area (Å²) in [6.07, 6.45) is 2.49. The van der Waals surface area contributed by atoms with Gasteiger partial charge in [0, 0.05) is 0 Å². The molecule has 0 saturated carbocycles. The van der Waals surface area contributed by atoms with Crippen LogP contribution in [0.3, 0.4) is 0 Å². The van der Waals surface area contributed by atoms with Gasteiger partial charge < -0.3 is 14.8 Å². The van der Waals surface area contributed by atoms with Crippen LogP contribution >= 0.6 is 0 Å². The summed E-state index contributed by atoms with van der Waals surface area (Å²) in [6.45, 7) is 5.91. The van der Waals surface area contributed by atoms with Crippen molar-refractivity contribution in [1.82, 2.24) is 5.32 Å². The summed E-state index contributed by atoms with van der Waals surface area (Å²) >= 11 is 0. The second kappa shape index (κ2) is 10.2. The maximum absolute atomic E-state index is 12.5. The van der Waals surface area contributed by atoms with Crippen LogP contribution in [-0.2, 0) is 4.79 Å². The van der Waals surface area contributed by atoms with E-state index >= 15 is 0 Å². The van der Waals surface area contributed by atoms with Crippen LogP contribution in [-0.4, -0.2) is 19.1 Å². The Bertz CT molecular complexity index is 869.